The predicted molar refractivity (Wildman–Crippen MR) is 99.7 cm³/mol. The number of benzene rings is 1. The van der Waals surface area contributed by atoms with E-state index in [0.29, 0.717) is 19.0 Å². The zero-order chi connectivity index (χ0) is 18.5. The standard InChI is InChI=1S/C20H26N4O2/c1-14(21-15(2)25)20(26)24-10-8-17(9-11-24)19-13-18(22-23-19)12-16-6-4-3-5-7-16/h3-7,13-14,17H,8-12H2,1-2H3,(H,21,25)(H,22,23)/t14-/m1/s1. The fourth-order valence-electron chi connectivity index (χ4n) is 3.53. The Hall–Kier alpha value is -2.63. The number of nitrogens with one attached hydrogen (secondary N) is 2. The Kier molecular flexibility index (Phi) is 5.71. The molecule has 1 fully saturated rings. The third-order valence-corrected chi connectivity index (χ3v) is 4.90. The van der Waals surface area contributed by atoms with Gasteiger partial charge in [0.2, 0.25) is 11.8 Å². The first kappa shape index (κ1) is 18.2. The molecule has 1 aliphatic heterocycles. The smallest absolute Gasteiger partial charge is 0.244 e. The van der Waals surface area contributed by atoms with Crippen molar-refractivity contribution in [3.8, 4) is 0 Å². The molecule has 2 heterocycles. The van der Waals surface area contributed by atoms with Gasteiger partial charge in [-0.1, -0.05) is 30.3 Å². The zero-order valence-electron chi connectivity index (χ0n) is 15.4. The van der Waals surface area contributed by atoms with Crippen LogP contribution in [0.2, 0.25) is 0 Å². The zero-order valence-corrected chi connectivity index (χ0v) is 15.4. The van der Waals surface area contributed by atoms with Gasteiger partial charge in [0.15, 0.2) is 0 Å². The Morgan fingerprint density at radius 3 is 2.62 bits per heavy atom. The molecular formula is C20H26N4O2. The lowest BCUT2D eigenvalue weighted by molar-refractivity contribution is -0.136. The van der Waals surface area contributed by atoms with Crippen molar-refractivity contribution < 1.29 is 9.59 Å². The SMILES string of the molecule is CC(=O)N[C@H](C)C(=O)N1CCC(c2cc(Cc3ccccc3)[nH]n2)CC1. The normalized spacial score (nSPS) is 16.3. The van der Waals surface area contributed by atoms with Crippen molar-refractivity contribution in [2.75, 3.05) is 13.1 Å². The number of likely N-dealkylation sites (tertiary alicyclic amines) is 1. The lowest BCUT2D eigenvalue weighted by atomic mass is 9.93. The van der Waals surface area contributed by atoms with Crippen LogP contribution in [0.15, 0.2) is 36.4 Å². The van der Waals surface area contributed by atoms with Crippen LogP contribution in [0.4, 0.5) is 0 Å². The van der Waals surface area contributed by atoms with Gasteiger partial charge in [-0.05, 0) is 31.4 Å². The van der Waals surface area contributed by atoms with E-state index >= 15 is 0 Å². The summed E-state index contributed by atoms with van der Waals surface area (Å²) < 4.78 is 0. The fourth-order valence-corrected chi connectivity index (χ4v) is 3.53. The van der Waals surface area contributed by atoms with Crippen LogP contribution in [0, 0.1) is 0 Å². The number of hydrogen-bond donors (Lipinski definition) is 2. The lowest BCUT2D eigenvalue weighted by Gasteiger charge is -2.33. The molecule has 6 nitrogen and oxygen atoms in total. The van der Waals surface area contributed by atoms with E-state index in [2.05, 4.69) is 33.7 Å². The van der Waals surface area contributed by atoms with E-state index < -0.39 is 6.04 Å². The summed E-state index contributed by atoms with van der Waals surface area (Å²) in [5.41, 5.74) is 3.46. The molecule has 0 radical (unpaired) electrons. The second-order valence-corrected chi connectivity index (χ2v) is 7.00. The van der Waals surface area contributed by atoms with E-state index in [9.17, 15) is 9.59 Å². The summed E-state index contributed by atoms with van der Waals surface area (Å²) in [5.74, 6) is 0.185. The first-order valence-corrected chi connectivity index (χ1v) is 9.17. The van der Waals surface area contributed by atoms with Crippen molar-refractivity contribution in [1.82, 2.24) is 20.4 Å². The molecule has 2 N–H and O–H groups in total. The maximum Gasteiger partial charge on any atom is 0.244 e. The monoisotopic (exact) mass is 354 g/mol. The minimum Gasteiger partial charge on any atom is -0.345 e. The molecule has 0 saturated carbocycles. The van der Waals surface area contributed by atoms with E-state index in [1.54, 1.807) is 6.92 Å². The molecule has 2 amide bonds. The maximum absolute atomic E-state index is 12.4. The highest BCUT2D eigenvalue weighted by Crippen LogP contribution is 2.27. The molecule has 1 aliphatic rings. The van der Waals surface area contributed by atoms with Crippen molar-refractivity contribution in [2.24, 2.45) is 0 Å². The molecule has 1 aromatic heterocycles. The van der Waals surface area contributed by atoms with Gasteiger partial charge in [0, 0.05) is 38.0 Å². The van der Waals surface area contributed by atoms with Crippen molar-refractivity contribution in [1.29, 1.82) is 0 Å². The molecule has 1 atom stereocenters. The number of aromatic amines is 1. The quantitative estimate of drug-likeness (QED) is 0.864. The van der Waals surface area contributed by atoms with E-state index in [1.807, 2.05) is 23.1 Å². The molecule has 3 rings (SSSR count). The number of nitrogens with zero attached hydrogens (tertiary/aromatic N) is 2. The number of rotatable bonds is 5. The summed E-state index contributed by atoms with van der Waals surface area (Å²) in [6, 6.07) is 12.0. The Balaban J connectivity index is 1.54. The highest BCUT2D eigenvalue weighted by molar-refractivity contribution is 5.86. The van der Waals surface area contributed by atoms with Crippen LogP contribution in [0.3, 0.4) is 0 Å². The van der Waals surface area contributed by atoms with E-state index in [-0.39, 0.29) is 11.8 Å². The number of carbonyl (C=O) groups excluding carboxylic acids is 2. The van der Waals surface area contributed by atoms with Crippen molar-refractivity contribution in [2.45, 2.75) is 45.1 Å². The Morgan fingerprint density at radius 1 is 1.27 bits per heavy atom. The predicted octanol–water partition coefficient (Wildman–Crippen LogP) is 2.23. The summed E-state index contributed by atoms with van der Waals surface area (Å²) >= 11 is 0. The summed E-state index contributed by atoms with van der Waals surface area (Å²) in [6.07, 6.45) is 2.64. The molecule has 0 spiro atoms. The molecule has 6 heteroatoms. The minimum atomic E-state index is -0.466. The molecule has 0 unspecified atom stereocenters. The summed E-state index contributed by atoms with van der Waals surface area (Å²) in [4.78, 5) is 25.3. The van der Waals surface area contributed by atoms with Gasteiger partial charge in [0.25, 0.3) is 0 Å². The second kappa shape index (κ2) is 8.17. The van der Waals surface area contributed by atoms with Gasteiger partial charge in [0.05, 0.1) is 5.69 Å². The maximum atomic E-state index is 12.4. The Bertz CT molecular complexity index is 748. The summed E-state index contributed by atoms with van der Waals surface area (Å²) in [6.45, 7) is 4.57. The Morgan fingerprint density at radius 2 is 1.96 bits per heavy atom. The largest absolute Gasteiger partial charge is 0.345 e. The van der Waals surface area contributed by atoms with Crippen molar-refractivity contribution >= 4 is 11.8 Å². The van der Waals surface area contributed by atoms with Crippen molar-refractivity contribution in [3.63, 3.8) is 0 Å². The molecular weight excluding hydrogens is 328 g/mol. The van der Waals surface area contributed by atoms with Gasteiger partial charge in [-0.2, -0.15) is 5.10 Å². The fraction of sp³-hybridized carbons (Fsp3) is 0.450. The van der Waals surface area contributed by atoms with Crippen LogP contribution >= 0.6 is 0 Å². The summed E-state index contributed by atoms with van der Waals surface area (Å²) in [7, 11) is 0. The van der Waals surface area contributed by atoms with E-state index in [4.69, 9.17) is 0 Å². The van der Waals surface area contributed by atoms with Crippen molar-refractivity contribution in [3.05, 3.63) is 53.3 Å². The lowest BCUT2D eigenvalue weighted by Crippen LogP contribution is -2.48. The first-order chi connectivity index (χ1) is 12.5. The van der Waals surface area contributed by atoms with Gasteiger partial charge in [-0.3, -0.25) is 14.7 Å². The average molecular weight is 354 g/mol. The number of aromatic nitrogens is 2. The molecule has 1 saturated heterocycles. The number of carbonyl (C=O) groups is 2. The molecule has 0 bridgehead atoms. The van der Waals surface area contributed by atoms with E-state index in [0.717, 1.165) is 30.7 Å². The van der Waals surface area contributed by atoms with Crippen LogP contribution in [-0.4, -0.2) is 46.0 Å². The van der Waals surface area contributed by atoms with Crippen LogP contribution in [-0.2, 0) is 16.0 Å². The van der Waals surface area contributed by atoms with Crippen LogP contribution in [0.25, 0.3) is 0 Å². The molecule has 0 aliphatic carbocycles. The van der Waals surface area contributed by atoms with Gasteiger partial charge < -0.3 is 10.2 Å². The number of amides is 2. The molecule has 26 heavy (non-hydrogen) atoms. The van der Waals surface area contributed by atoms with E-state index in [1.165, 1.54) is 12.5 Å². The molecule has 1 aromatic carbocycles. The van der Waals surface area contributed by atoms with Gasteiger partial charge in [0.1, 0.15) is 6.04 Å². The van der Waals surface area contributed by atoms with Gasteiger partial charge in [-0.15, -0.1) is 0 Å². The van der Waals surface area contributed by atoms with Gasteiger partial charge >= 0.3 is 0 Å². The third kappa shape index (κ3) is 4.50. The third-order valence-electron chi connectivity index (χ3n) is 4.90. The van der Waals surface area contributed by atoms with Crippen LogP contribution < -0.4 is 5.32 Å². The minimum absolute atomic E-state index is 0.00885. The summed E-state index contributed by atoms with van der Waals surface area (Å²) in [5, 5.41) is 10.3. The molecule has 138 valence electrons. The number of piperidine rings is 1. The van der Waals surface area contributed by atoms with Crippen LogP contribution in [0.5, 0.6) is 0 Å². The Labute approximate surface area is 154 Å². The van der Waals surface area contributed by atoms with Gasteiger partial charge in [-0.25, -0.2) is 0 Å². The topological polar surface area (TPSA) is 78.1 Å². The number of hydrogen-bond acceptors (Lipinski definition) is 3. The second-order valence-electron chi connectivity index (χ2n) is 7.00. The highest BCUT2D eigenvalue weighted by atomic mass is 16.2. The average Bonchev–Trinajstić information content (AvgIpc) is 3.10. The first-order valence-electron chi connectivity index (χ1n) is 9.17. The number of H-pyrrole nitrogens is 1. The highest BCUT2D eigenvalue weighted by Gasteiger charge is 2.28. The van der Waals surface area contributed by atoms with Crippen LogP contribution in [0.1, 0.15) is 49.6 Å². The molecule has 2 aromatic rings.